The lowest BCUT2D eigenvalue weighted by molar-refractivity contribution is -0.386. The van der Waals surface area contributed by atoms with Crippen LogP contribution in [0.1, 0.15) is 38.3 Å². The molecule has 6 nitrogen and oxygen atoms in total. The van der Waals surface area contributed by atoms with Crippen molar-refractivity contribution < 1.29 is 10.0 Å². The number of halogens is 3. The summed E-state index contributed by atoms with van der Waals surface area (Å²) in [6.07, 6.45) is 1.88. The Kier molecular flexibility index (Phi) is 10.9. The number of hydrogen-bond donors (Lipinski definition) is 2. The molecule has 0 saturated carbocycles. The first-order valence-corrected chi connectivity index (χ1v) is 8.81. The Bertz CT molecular complexity index is 570. The van der Waals surface area contributed by atoms with E-state index in [1.165, 1.54) is 6.07 Å². The fourth-order valence-corrected chi connectivity index (χ4v) is 3.48. The summed E-state index contributed by atoms with van der Waals surface area (Å²) in [6, 6.07) is 3.17. The number of rotatable bonds is 6. The lowest BCUT2D eigenvalue weighted by Gasteiger charge is -2.36. The summed E-state index contributed by atoms with van der Waals surface area (Å²) >= 11 is 3.34. The Morgan fingerprint density at radius 3 is 2.40 bits per heavy atom. The van der Waals surface area contributed by atoms with E-state index in [0.717, 1.165) is 39.0 Å². The third kappa shape index (κ3) is 6.57. The van der Waals surface area contributed by atoms with Crippen molar-refractivity contribution in [3.8, 4) is 5.75 Å². The van der Waals surface area contributed by atoms with Crippen LogP contribution in [-0.2, 0) is 0 Å². The molecule has 1 aromatic rings. The normalized spacial score (nSPS) is 16.0. The van der Waals surface area contributed by atoms with Crippen LogP contribution in [0.5, 0.6) is 5.75 Å². The van der Waals surface area contributed by atoms with Crippen LogP contribution in [-0.4, -0.2) is 41.1 Å². The molecule has 1 aliphatic heterocycles. The Labute approximate surface area is 169 Å². The van der Waals surface area contributed by atoms with Crippen molar-refractivity contribution in [3.05, 3.63) is 32.3 Å². The molecular formula is C16H26BrCl2N3O3. The minimum atomic E-state index is -0.527. The van der Waals surface area contributed by atoms with Gasteiger partial charge < -0.3 is 10.4 Å². The summed E-state index contributed by atoms with van der Waals surface area (Å²) in [5, 5.41) is 25.0. The third-order valence-electron chi connectivity index (χ3n) is 4.25. The van der Waals surface area contributed by atoms with E-state index in [1.54, 1.807) is 0 Å². The summed E-state index contributed by atoms with van der Waals surface area (Å²) in [6.45, 7) is 7.88. The Morgan fingerprint density at radius 1 is 1.28 bits per heavy atom. The lowest BCUT2D eigenvalue weighted by Crippen LogP contribution is -2.45. The van der Waals surface area contributed by atoms with Gasteiger partial charge in [-0.05, 0) is 24.8 Å². The van der Waals surface area contributed by atoms with Crippen LogP contribution in [0.15, 0.2) is 16.6 Å². The van der Waals surface area contributed by atoms with Crippen LogP contribution in [0.2, 0.25) is 0 Å². The summed E-state index contributed by atoms with van der Waals surface area (Å²) in [7, 11) is 0. The second kappa shape index (κ2) is 11.2. The molecule has 1 aliphatic rings. The number of nitrogens with zero attached hydrogens (tertiary/aromatic N) is 2. The van der Waals surface area contributed by atoms with Crippen LogP contribution in [0, 0.1) is 16.0 Å². The van der Waals surface area contributed by atoms with Crippen LogP contribution in [0.4, 0.5) is 5.69 Å². The van der Waals surface area contributed by atoms with Crippen molar-refractivity contribution in [1.82, 2.24) is 10.2 Å². The lowest BCUT2D eigenvalue weighted by atomic mass is 9.94. The molecule has 144 valence electrons. The maximum atomic E-state index is 11.2. The highest BCUT2D eigenvalue weighted by Gasteiger charge is 2.29. The van der Waals surface area contributed by atoms with E-state index in [-0.39, 0.29) is 42.3 Å². The molecule has 1 saturated heterocycles. The van der Waals surface area contributed by atoms with Gasteiger partial charge in [-0.3, -0.25) is 15.0 Å². The highest BCUT2D eigenvalue weighted by molar-refractivity contribution is 9.10. The van der Waals surface area contributed by atoms with Gasteiger partial charge in [0.1, 0.15) is 0 Å². The summed E-state index contributed by atoms with van der Waals surface area (Å²) in [5.74, 6) is 0.343. The molecule has 25 heavy (non-hydrogen) atoms. The van der Waals surface area contributed by atoms with Crippen molar-refractivity contribution in [2.24, 2.45) is 5.92 Å². The fraction of sp³-hybridized carbons (Fsp3) is 0.625. The summed E-state index contributed by atoms with van der Waals surface area (Å²) in [4.78, 5) is 13.0. The molecule has 1 aromatic carbocycles. The molecule has 0 bridgehead atoms. The molecule has 2 rings (SSSR count). The van der Waals surface area contributed by atoms with E-state index in [4.69, 9.17) is 0 Å². The second-order valence-electron chi connectivity index (χ2n) is 6.39. The van der Waals surface area contributed by atoms with Gasteiger partial charge in [0.15, 0.2) is 5.75 Å². The van der Waals surface area contributed by atoms with Gasteiger partial charge in [0, 0.05) is 48.3 Å². The van der Waals surface area contributed by atoms with E-state index in [0.29, 0.717) is 16.0 Å². The number of phenols is 1. The number of nitrogens with one attached hydrogen (secondary N) is 1. The zero-order valence-electron chi connectivity index (χ0n) is 14.4. The van der Waals surface area contributed by atoms with Crippen LogP contribution < -0.4 is 5.32 Å². The van der Waals surface area contributed by atoms with E-state index >= 15 is 0 Å². The first kappa shape index (κ1) is 24.4. The van der Waals surface area contributed by atoms with Crippen LogP contribution in [0.3, 0.4) is 0 Å². The molecule has 0 amide bonds. The van der Waals surface area contributed by atoms with Gasteiger partial charge >= 0.3 is 5.69 Å². The number of aromatic hydroxyl groups is 1. The fourth-order valence-electron chi connectivity index (χ4n) is 3.02. The van der Waals surface area contributed by atoms with E-state index < -0.39 is 4.92 Å². The van der Waals surface area contributed by atoms with Gasteiger partial charge in [0.05, 0.1) is 4.92 Å². The van der Waals surface area contributed by atoms with Gasteiger partial charge in [-0.2, -0.15) is 0 Å². The number of benzene rings is 1. The molecule has 2 N–H and O–H groups in total. The minimum Gasteiger partial charge on any atom is -0.502 e. The molecule has 0 spiro atoms. The molecular weight excluding hydrogens is 433 g/mol. The van der Waals surface area contributed by atoms with Gasteiger partial charge in [-0.15, -0.1) is 24.8 Å². The number of nitro groups is 1. The van der Waals surface area contributed by atoms with Crippen molar-refractivity contribution in [2.45, 2.75) is 32.7 Å². The van der Waals surface area contributed by atoms with Crippen LogP contribution in [0.25, 0.3) is 0 Å². The molecule has 1 fully saturated rings. The minimum absolute atomic E-state index is 0. The highest BCUT2D eigenvalue weighted by Crippen LogP contribution is 2.40. The molecule has 1 heterocycles. The molecule has 9 heteroatoms. The van der Waals surface area contributed by atoms with Crippen molar-refractivity contribution in [2.75, 3.05) is 26.2 Å². The molecule has 1 atom stereocenters. The number of hydrogen-bond acceptors (Lipinski definition) is 5. The molecule has 0 aliphatic carbocycles. The zero-order valence-corrected chi connectivity index (χ0v) is 17.6. The van der Waals surface area contributed by atoms with Gasteiger partial charge in [-0.1, -0.05) is 29.8 Å². The van der Waals surface area contributed by atoms with Gasteiger partial charge in [0.25, 0.3) is 0 Å². The summed E-state index contributed by atoms with van der Waals surface area (Å²) in [5.41, 5.74) is 0.410. The predicted octanol–water partition coefficient (Wildman–Crippen LogP) is 4.29. The van der Waals surface area contributed by atoms with Gasteiger partial charge in [0.2, 0.25) is 0 Å². The van der Waals surface area contributed by atoms with Crippen molar-refractivity contribution >= 4 is 46.4 Å². The highest BCUT2D eigenvalue weighted by atomic mass is 79.9. The van der Waals surface area contributed by atoms with E-state index in [2.05, 4.69) is 40.0 Å². The second-order valence-corrected chi connectivity index (χ2v) is 7.31. The largest absolute Gasteiger partial charge is 0.502 e. The first-order chi connectivity index (χ1) is 10.9. The van der Waals surface area contributed by atoms with E-state index in [9.17, 15) is 15.2 Å². The first-order valence-electron chi connectivity index (χ1n) is 8.01. The quantitative estimate of drug-likeness (QED) is 0.491. The Morgan fingerprint density at radius 2 is 1.88 bits per heavy atom. The van der Waals surface area contributed by atoms with Gasteiger partial charge in [-0.25, -0.2) is 0 Å². The maximum Gasteiger partial charge on any atom is 0.312 e. The van der Waals surface area contributed by atoms with E-state index in [1.807, 2.05) is 6.07 Å². The smallest absolute Gasteiger partial charge is 0.312 e. The predicted molar refractivity (Wildman–Crippen MR) is 108 cm³/mol. The number of piperazine rings is 1. The van der Waals surface area contributed by atoms with Crippen LogP contribution >= 0.6 is 40.7 Å². The zero-order chi connectivity index (χ0) is 17.0. The molecule has 0 aromatic heterocycles. The average molecular weight is 459 g/mol. The maximum absolute atomic E-state index is 11.2. The average Bonchev–Trinajstić information content (AvgIpc) is 2.51. The van der Waals surface area contributed by atoms with Crippen molar-refractivity contribution in [3.63, 3.8) is 0 Å². The third-order valence-corrected chi connectivity index (χ3v) is 4.71. The Hall–Kier alpha value is -0.600. The SMILES string of the molecule is CC(C)CC[C@@H](c1cc(Br)cc([N+](=O)[O-])c1O)N1CCNCC1.Cl.Cl. The number of phenolic OH excluding ortho intramolecular Hbond substituents is 1. The summed E-state index contributed by atoms with van der Waals surface area (Å²) < 4.78 is 0.627. The molecule has 0 radical (unpaired) electrons. The standard InChI is InChI=1S/C16H24BrN3O3.2ClH/c1-11(2)3-4-14(19-7-5-18-6-8-19)13-9-12(17)10-15(16(13)21)20(22)23;;/h9-11,14,18,21H,3-8H2,1-2H3;2*1H/t14-;;/m0../s1. The molecule has 0 unspecified atom stereocenters. The topological polar surface area (TPSA) is 78.6 Å². The van der Waals surface area contributed by atoms with Crippen molar-refractivity contribution in [1.29, 1.82) is 0 Å². The number of nitro benzene ring substituents is 1. The monoisotopic (exact) mass is 457 g/mol. The Balaban J connectivity index is 0.00000288.